The SMILES string of the molecule is CCC(=O)c1ccc(OCC(O)CN2CCC(O)CC2)cc1. The third-order valence-electron chi connectivity index (χ3n) is 3.97. The molecule has 1 aliphatic heterocycles. The van der Waals surface area contributed by atoms with E-state index in [2.05, 4.69) is 4.90 Å². The van der Waals surface area contributed by atoms with E-state index in [9.17, 15) is 15.0 Å². The number of carbonyl (C=O) groups is 1. The van der Waals surface area contributed by atoms with Crippen LogP contribution in [0.15, 0.2) is 24.3 Å². The molecule has 0 aromatic heterocycles. The molecule has 1 aromatic carbocycles. The van der Waals surface area contributed by atoms with Crippen LogP contribution in [0.25, 0.3) is 0 Å². The number of Topliss-reactive ketones (excluding diaryl/α,β-unsaturated/α-hetero) is 1. The molecule has 1 heterocycles. The Morgan fingerprint density at radius 3 is 2.55 bits per heavy atom. The van der Waals surface area contributed by atoms with E-state index < -0.39 is 6.10 Å². The van der Waals surface area contributed by atoms with Gasteiger partial charge in [-0.25, -0.2) is 0 Å². The fourth-order valence-electron chi connectivity index (χ4n) is 2.59. The number of rotatable bonds is 7. The zero-order valence-electron chi connectivity index (χ0n) is 13.1. The van der Waals surface area contributed by atoms with E-state index >= 15 is 0 Å². The lowest BCUT2D eigenvalue weighted by atomic mass is 10.1. The molecule has 0 saturated carbocycles. The minimum absolute atomic E-state index is 0.110. The minimum atomic E-state index is -0.563. The molecular formula is C17H25NO4. The summed E-state index contributed by atoms with van der Waals surface area (Å²) in [6, 6.07) is 7.01. The molecule has 5 heteroatoms. The molecular weight excluding hydrogens is 282 g/mol. The van der Waals surface area contributed by atoms with Crippen molar-refractivity contribution in [2.45, 2.75) is 38.4 Å². The maximum Gasteiger partial charge on any atom is 0.162 e. The second-order valence-corrected chi connectivity index (χ2v) is 5.80. The van der Waals surface area contributed by atoms with Gasteiger partial charge >= 0.3 is 0 Å². The first-order valence-corrected chi connectivity index (χ1v) is 7.93. The predicted octanol–water partition coefficient (Wildman–Crippen LogP) is 1.48. The Labute approximate surface area is 131 Å². The number of benzene rings is 1. The summed E-state index contributed by atoms with van der Waals surface area (Å²) in [5.41, 5.74) is 0.683. The van der Waals surface area contributed by atoms with Crippen LogP contribution in [0, 0.1) is 0 Å². The molecule has 1 atom stereocenters. The van der Waals surface area contributed by atoms with E-state index in [1.807, 2.05) is 6.92 Å². The standard InChI is InChI=1S/C17H25NO4/c1-2-17(21)13-3-5-16(6-4-13)22-12-15(20)11-18-9-7-14(19)8-10-18/h3-6,14-15,19-20H,2,7-12H2,1H3. The average Bonchev–Trinajstić information content (AvgIpc) is 2.55. The lowest BCUT2D eigenvalue weighted by molar-refractivity contribution is 0.0337. The summed E-state index contributed by atoms with van der Waals surface area (Å²) >= 11 is 0. The smallest absolute Gasteiger partial charge is 0.162 e. The molecule has 122 valence electrons. The van der Waals surface area contributed by atoms with E-state index in [4.69, 9.17) is 4.74 Å². The number of aliphatic hydroxyl groups excluding tert-OH is 2. The molecule has 2 N–H and O–H groups in total. The van der Waals surface area contributed by atoms with Gasteiger partial charge in [-0.3, -0.25) is 4.79 Å². The van der Waals surface area contributed by atoms with E-state index in [0.29, 0.717) is 24.3 Å². The van der Waals surface area contributed by atoms with Gasteiger partial charge in [0.25, 0.3) is 0 Å². The number of likely N-dealkylation sites (tertiary alicyclic amines) is 1. The summed E-state index contributed by atoms with van der Waals surface area (Å²) in [5, 5.41) is 19.5. The van der Waals surface area contributed by atoms with Crippen LogP contribution in [0.4, 0.5) is 0 Å². The van der Waals surface area contributed by atoms with Gasteiger partial charge in [-0.2, -0.15) is 0 Å². The zero-order valence-corrected chi connectivity index (χ0v) is 13.1. The van der Waals surface area contributed by atoms with Gasteiger partial charge in [0.1, 0.15) is 18.5 Å². The van der Waals surface area contributed by atoms with Gasteiger partial charge in [0.05, 0.1) is 6.10 Å². The lowest BCUT2D eigenvalue weighted by Crippen LogP contribution is -2.41. The Morgan fingerprint density at radius 1 is 1.32 bits per heavy atom. The molecule has 0 spiro atoms. The summed E-state index contributed by atoms with van der Waals surface area (Å²) in [7, 11) is 0. The van der Waals surface area contributed by atoms with E-state index in [0.717, 1.165) is 25.9 Å². The maximum atomic E-state index is 11.5. The van der Waals surface area contributed by atoms with Crippen LogP contribution in [-0.4, -0.2) is 59.3 Å². The summed E-state index contributed by atoms with van der Waals surface area (Å²) in [5.74, 6) is 0.764. The number of hydrogen-bond acceptors (Lipinski definition) is 5. The highest BCUT2D eigenvalue weighted by molar-refractivity contribution is 5.95. The first-order chi connectivity index (χ1) is 10.6. The van der Waals surface area contributed by atoms with Crippen LogP contribution in [0.3, 0.4) is 0 Å². The molecule has 0 amide bonds. The van der Waals surface area contributed by atoms with E-state index in [-0.39, 0.29) is 18.5 Å². The van der Waals surface area contributed by atoms with Crippen LogP contribution < -0.4 is 4.74 Å². The van der Waals surface area contributed by atoms with Gasteiger partial charge in [0.2, 0.25) is 0 Å². The zero-order chi connectivity index (χ0) is 15.9. The van der Waals surface area contributed by atoms with Gasteiger partial charge in [-0.1, -0.05) is 6.92 Å². The van der Waals surface area contributed by atoms with E-state index in [1.54, 1.807) is 24.3 Å². The molecule has 1 aromatic rings. The Bertz CT molecular complexity index is 466. The second kappa shape index (κ2) is 8.27. The first kappa shape index (κ1) is 16.9. The number of ether oxygens (including phenoxy) is 1. The molecule has 1 saturated heterocycles. The fourth-order valence-corrected chi connectivity index (χ4v) is 2.59. The van der Waals surface area contributed by atoms with Crippen LogP contribution >= 0.6 is 0 Å². The minimum Gasteiger partial charge on any atom is -0.491 e. The fraction of sp³-hybridized carbons (Fsp3) is 0.588. The highest BCUT2D eigenvalue weighted by Gasteiger charge is 2.19. The molecule has 1 fully saturated rings. The highest BCUT2D eigenvalue weighted by atomic mass is 16.5. The van der Waals surface area contributed by atoms with Gasteiger partial charge in [0.15, 0.2) is 5.78 Å². The van der Waals surface area contributed by atoms with Crippen molar-refractivity contribution in [2.24, 2.45) is 0 Å². The van der Waals surface area contributed by atoms with Crippen molar-refractivity contribution in [3.8, 4) is 5.75 Å². The molecule has 5 nitrogen and oxygen atoms in total. The summed E-state index contributed by atoms with van der Waals surface area (Å²) in [4.78, 5) is 13.7. The number of aliphatic hydroxyl groups is 2. The van der Waals surface area contributed by atoms with Crippen LogP contribution in [-0.2, 0) is 0 Å². The van der Waals surface area contributed by atoms with Crippen LogP contribution in [0.5, 0.6) is 5.75 Å². The topological polar surface area (TPSA) is 70.0 Å². The van der Waals surface area contributed by atoms with Crippen LogP contribution in [0.1, 0.15) is 36.5 Å². The number of nitrogens with zero attached hydrogens (tertiary/aromatic N) is 1. The molecule has 0 radical (unpaired) electrons. The van der Waals surface area contributed by atoms with Crippen molar-refractivity contribution in [3.05, 3.63) is 29.8 Å². The molecule has 1 aliphatic rings. The average molecular weight is 307 g/mol. The van der Waals surface area contributed by atoms with Gasteiger partial charge in [0, 0.05) is 31.6 Å². The third kappa shape index (κ3) is 5.09. The molecule has 2 rings (SSSR count). The Hall–Kier alpha value is -1.43. The van der Waals surface area contributed by atoms with Crippen molar-refractivity contribution in [3.63, 3.8) is 0 Å². The molecule has 22 heavy (non-hydrogen) atoms. The van der Waals surface area contributed by atoms with Gasteiger partial charge < -0.3 is 19.8 Å². The first-order valence-electron chi connectivity index (χ1n) is 7.93. The van der Waals surface area contributed by atoms with Crippen molar-refractivity contribution < 1.29 is 19.7 Å². The maximum absolute atomic E-state index is 11.5. The van der Waals surface area contributed by atoms with Crippen LogP contribution in [0.2, 0.25) is 0 Å². The van der Waals surface area contributed by atoms with Gasteiger partial charge in [-0.15, -0.1) is 0 Å². The van der Waals surface area contributed by atoms with Gasteiger partial charge in [-0.05, 0) is 37.1 Å². The Kier molecular flexibility index (Phi) is 6.36. The predicted molar refractivity (Wildman–Crippen MR) is 84.2 cm³/mol. The number of β-amino-alcohol motifs (C(OH)–C–C–N with tert-alkyl or cyclic N) is 1. The quantitative estimate of drug-likeness (QED) is 0.747. The highest BCUT2D eigenvalue weighted by Crippen LogP contribution is 2.14. The summed E-state index contributed by atoms with van der Waals surface area (Å²) in [6.45, 7) is 4.24. The Balaban J connectivity index is 1.74. The lowest BCUT2D eigenvalue weighted by Gasteiger charge is -2.30. The molecule has 1 unspecified atom stereocenters. The Morgan fingerprint density at radius 2 is 1.95 bits per heavy atom. The van der Waals surface area contributed by atoms with Crippen molar-refractivity contribution in [2.75, 3.05) is 26.2 Å². The van der Waals surface area contributed by atoms with Crippen molar-refractivity contribution >= 4 is 5.78 Å². The molecule has 0 bridgehead atoms. The third-order valence-corrected chi connectivity index (χ3v) is 3.97. The normalized spacial score (nSPS) is 18.1. The largest absolute Gasteiger partial charge is 0.491 e. The van der Waals surface area contributed by atoms with E-state index in [1.165, 1.54) is 0 Å². The number of carbonyl (C=O) groups excluding carboxylic acids is 1. The number of ketones is 1. The molecule has 0 aliphatic carbocycles. The summed E-state index contributed by atoms with van der Waals surface area (Å²) in [6.07, 6.45) is 1.26. The van der Waals surface area contributed by atoms with Crippen molar-refractivity contribution in [1.82, 2.24) is 4.90 Å². The number of hydrogen-bond donors (Lipinski definition) is 2. The second-order valence-electron chi connectivity index (χ2n) is 5.80. The summed E-state index contributed by atoms with van der Waals surface area (Å²) < 4.78 is 5.56. The monoisotopic (exact) mass is 307 g/mol. The number of piperidine rings is 1. The van der Waals surface area contributed by atoms with Crippen molar-refractivity contribution in [1.29, 1.82) is 0 Å².